The lowest BCUT2D eigenvalue weighted by atomic mass is 10.1. The molecule has 5 rings (SSSR count). The van der Waals surface area contributed by atoms with Gasteiger partial charge in [-0.25, -0.2) is 9.59 Å². The Balaban J connectivity index is 1.20. The van der Waals surface area contributed by atoms with Crippen LogP contribution in [0.2, 0.25) is 0 Å². The second-order valence-corrected chi connectivity index (χ2v) is 9.00. The maximum absolute atomic E-state index is 12.5. The molecule has 0 bridgehead atoms. The zero-order valence-corrected chi connectivity index (χ0v) is 17.5. The van der Waals surface area contributed by atoms with Gasteiger partial charge in [0.15, 0.2) is 0 Å². The second-order valence-electron chi connectivity index (χ2n) is 9.00. The summed E-state index contributed by atoms with van der Waals surface area (Å²) in [5.41, 5.74) is 13.2. The van der Waals surface area contributed by atoms with Crippen molar-refractivity contribution in [1.82, 2.24) is 19.4 Å². The van der Waals surface area contributed by atoms with Crippen LogP contribution < -0.4 is 22.5 Å². The third-order valence-electron chi connectivity index (χ3n) is 6.90. The number of hydrogen-bond acceptors (Lipinski definition) is 6. The van der Waals surface area contributed by atoms with E-state index in [2.05, 4.69) is 15.2 Å². The number of aromatic nitrogens is 2. The summed E-state index contributed by atoms with van der Waals surface area (Å²) in [6.45, 7) is 4.94. The molecule has 31 heavy (non-hydrogen) atoms. The number of rotatable bonds is 5. The number of fused-ring (bicyclic) bond motifs is 1. The maximum atomic E-state index is 12.5. The van der Waals surface area contributed by atoms with E-state index in [1.807, 2.05) is 24.3 Å². The first-order valence-electron chi connectivity index (χ1n) is 10.9. The molecule has 1 aliphatic carbocycles. The van der Waals surface area contributed by atoms with Gasteiger partial charge in [-0.1, -0.05) is 12.1 Å². The molecule has 0 radical (unpaired) electrons. The quantitative estimate of drug-likeness (QED) is 0.641. The molecule has 1 saturated carbocycles. The lowest BCUT2D eigenvalue weighted by Crippen LogP contribution is -2.34. The molecule has 3 aliphatic rings. The molecule has 9 heteroatoms. The van der Waals surface area contributed by atoms with Gasteiger partial charge in [0.2, 0.25) is 0 Å². The van der Waals surface area contributed by atoms with Gasteiger partial charge >= 0.3 is 11.7 Å². The van der Waals surface area contributed by atoms with Gasteiger partial charge in [-0.3, -0.25) is 14.8 Å². The van der Waals surface area contributed by atoms with Crippen molar-refractivity contribution in [2.45, 2.75) is 19.0 Å². The molecule has 164 valence electrons. The van der Waals surface area contributed by atoms with Crippen LogP contribution >= 0.6 is 0 Å². The molecular formula is C22H29N7O2. The summed E-state index contributed by atoms with van der Waals surface area (Å²) in [4.78, 5) is 33.1. The van der Waals surface area contributed by atoms with E-state index in [4.69, 9.17) is 11.5 Å². The van der Waals surface area contributed by atoms with Crippen molar-refractivity contribution in [2.24, 2.45) is 29.2 Å². The molecule has 2 aliphatic heterocycles. The summed E-state index contributed by atoms with van der Waals surface area (Å²) in [5, 5.41) is 2.71. The lowest BCUT2D eigenvalue weighted by molar-refractivity contribution is 0.221. The van der Waals surface area contributed by atoms with E-state index in [9.17, 15) is 9.59 Å². The number of carbonyl (C=O) groups is 1. The predicted molar refractivity (Wildman–Crippen MR) is 118 cm³/mol. The number of carbonyl (C=O) groups excluding carboxylic acids is 1. The topological polar surface area (TPSA) is 123 Å². The van der Waals surface area contributed by atoms with Gasteiger partial charge in [-0.05, 0) is 54.5 Å². The molecule has 1 aromatic carbocycles. The number of nitrogens with two attached hydrogens (primary N) is 2. The minimum Gasteiger partial charge on any atom is -0.330 e. The highest BCUT2D eigenvalue weighted by Gasteiger charge is 2.53. The standard InChI is InChI=1S/C22H29N7O2/c23-9-15-5-7-28(11-15)21(30)25-19-6-8-29(22(31)26-19)16-3-1-14(2-4-16)10-27-12-17-18(13-27)20(17)24/h1-4,6,8,15,17-18,20H,5,7,9-13,23-24H2,(H,25,26,30,31)/t15-,17-,18+,20?/m1/s1. The van der Waals surface area contributed by atoms with Crippen LogP contribution in [0.15, 0.2) is 41.3 Å². The van der Waals surface area contributed by atoms with Crippen LogP contribution in [-0.4, -0.2) is 64.1 Å². The Morgan fingerprint density at radius 1 is 1.13 bits per heavy atom. The fraction of sp³-hybridized carbons (Fsp3) is 0.500. The molecule has 3 fully saturated rings. The van der Waals surface area contributed by atoms with Gasteiger partial charge in [-0.15, -0.1) is 0 Å². The molecule has 2 amide bonds. The Bertz CT molecular complexity index is 1010. The van der Waals surface area contributed by atoms with Crippen molar-refractivity contribution in [3.8, 4) is 5.69 Å². The number of nitrogens with zero attached hydrogens (tertiary/aromatic N) is 4. The van der Waals surface area contributed by atoms with Gasteiger partial charge in [0.1, 0.15) is 5.82 Å². The number of benzene rings is 1. The highest BCUT2D eigenvalue weighted by molar-refractivity contribution is 5.88. The Morgan fingerprint density at radius 2 is 1.87 bits per heavy atom. The number of amides is 2. The summed E-state index contributed by atoms with van der Waals surface area (Å²) < 4.78 is 1.48. The average molecular weight is 424 g/mol. The van der Waals surface area contributed by atoms with E-state index < -0.39 is 5.69 Å². The largest absolute Gasteiger partial charge is 0.354 e. The Morgan fingerprint density at radius 3 is 2.52 bits per heavy atom. The van der Waals surface area contributed by atoms with Crippen LogP contribution in [0.25, 0.3) is 5.69 Å². The number of piperidine rings is 1. The van der Waals surface area contributed by atoms with E-state index in [1.54, 1.807) is 17.2 Å². The Kier molecular flexibility index (Phi) is 5.25. The average Bonchev–Trinajstić information content (AvgIpc) is 3.16. The number of nitrogens with one attached hydrogen (secondary N) is 1. The predicted octanol–water partition coefficient (Wildman–Crippen LogP) is 0.434. The van der Waals surface area contributed by atoms with Gasteiger partial charge < -0.3 is 16.4 Å². The fourth-order valence-electron chi connectivity index (χ4n) is 4.88. The highest BCUT2D eigenvalue weighted by atomic mass is 16.2. The molecule has 5 N–H and O–H groups in total. The zero-order chi connectivity index (χ0) is 21.5. The van der Waals surface area contributed by atoms with Gasteiger partial charge in [0.05, 0.1) is 5.69 Å². The highest BCUT2D eigenvalue weighted by Crippen LogP contribution is 2.44. The van der Waals surface area contributed by atoms with Crippen molar-refractivity contribution in [1.29, 1.82) is 0 Å². The number of likely N-dealkylation sites (tertiary alicyclic amines) is 2. The van der Waals surface area contributed by atoms with Crippen LogP contribution in [0, 0.1) is 17.8 Å². The smallest absolute Gasteiger partial charge is 0.330 e. The van der Waals surface area contributed by atoms with Crippen molar-refractivity contribution >= 4 is 11.8 Å². The first kappa shape index (κ1) is 20.2. The van der Waals surface area contributed by atoms with Gasteiger partial charge in [0.25, 0.3) is 0 Å². The third kappa shape index (κ3) is 4.08. The maximum Gasteiger partial charge on any atom is 0.354 e. The molecule has 2 aromatic rings. The van der Waals surface area contributed by atoms with Crippen LogP contribution in [0.5, 0.6) is 0 Å². The number of hydrogen-bond donors (Lipinski definition) is 3. The van der Waals surface area contributed by atoms with Crippen molar-refractivity contribution in [3.05, 3.63) is 52.6 Å². The van der Waals surface area contributed by atoms with Crippen LogP contribution in [0.3, 0.4) is 0 Å². The summed E-state index contributed by atoms with van der Waals surface area (Å²) in [6.07, 6.45) is 2.55. The minimum atomic E-state index is -0.430. The van der Waals surface area contributed by atoms with Crippen LogP contribution in [-0.2, 0) is 6.54 Å². The van der Waals surface area contributed by atoms with Crippen molar-refractivity contribution < 1.29 is 4.79 Å². The third-order valence-corrected chi connectivity index (χ3v) is 6.90. The molecule has 9 nitrogen and oxygen atoms in total. The fourth-order valence-corrected chi connectivity index (χ4v) is 4.88. The molecule has 3 heterocycles. The molecule has 1 unspecified atom stereocenters. The van der Waals surface area contributed by atoms with Crippen LogP contribution in [0.4, 0.5) is 10.6 Å². The first-order chi connectivity index (χ1) is 15.0. The molecular weight excluding hydrogens is 394 g/mol. The Hall–Kier alpha value is -2.75. The zero-order valence-electron chi connectivity index (χ0n) is 17.5. The normalized spacial score (nSPS) is 27.4. The summed E-state index contributed by atoms with van der Waals surface area (Å²) >= 11 is 0. The lowest BCUT2D eigenvalue weighted by Gasteiger charge is -2.19. The SMILES string of the molecule is NC[C@H]1CCN(C(=O)Nc2ccn(-c3ccc(CN4C[C@@H]5C(N)[C@@H]5C4)cc3)c(=O)n2)C1. The van der Waals surface area contributed by atoms with Gasteiger partial charge in [0, 0.05) is 45.0 Å². The van der Waals surface area contributed by atoms with Crippen LogP contribution in [0.1, 0.15) is 12.0 Å². The Labute approximate surface area is 181 Å². The summed E-state index contributed by atoms with van der Waals surface area (Å²) in [5.74, 6) is 1.94. The monoisotopic (exact) mass is 423 g/mol. The number of urea groups is 1. The van der Waals surface area contributed by atoms with E-state index in [0.717, 1.165) is 31.7 Å². The van der Waals surface area contributed by atoms with E-state index in [0.29, 0.717) is 43.4 Å². The molecule has 1 aromatic heterocycles. The van der Waals surface area contributed by atoms with Gasteiger partial charge in [-0.2, -0.15) is 4.98 Å². The van der Waals surface area contributed by atoms with Crippen molar-refractivity contribution in [2.75, 3.05) is 38.0 Å². The second kappa shape index (κ2) is 8.07. The molecule has 0 spiro atoms. The number of anilines is 1. The summed E-state index contributed by atoms with van der Waals surface area (Å²) in [6, 6.07) is 9.75. The van der Waals surface area contributed by atoms with E-state index >= 15 is 0 Å². The minimum absolute atomic E-state index is 0.245. The van der Waals surface area contributed by atoms with Crippen molar-refractivity contribution in [3.63, 3.8) is 0 Å². The molecule has 2 saturated heterocycles. The summed E-state index contributed by atoms with van der Waals surface area (Å²) in [7, 11) is 0. The van der Waals surface area contributed by atoms with E-state index in [-0.39, 0.29) is 11.8 Å². The first-order valence-corrected chi connectivity index (χ1v) is 10.9. The van der Waals surface area contributed by atoms with E-state index in [1.165, 1.54) is 10.1 Å². The molecule has 4 atom stereocenters.